The van der Waals surface area contributed by atoms with Gasteiger partial charge in [-0.25, -0.2) is 0 Å². The van der Waals surface area contributed by atoms with Crippen molar-refractivity contribution >= 4 is 38.0 Å². The summed E-state index contributed by atoms with van der Waals surface area (Å²) in [5, 5.41) is 11.3. The zero-order chi connectivity index (χ0) is 39.9. The SMILES string of the molecule is CC(=O)/C=C(\O)CC(C)C.Cc1cc(C2CCC(C)(C)CC2)cc(C)c1-c1sc2c(-c3[c-]c4ccccc4c(C(C)(C)C)c3)ncc(C(F)(F)F)c2c1C.[Ir]. The number of alkyl halides is 3. The van der Waals surface area contributed by atoms with Crippen LogP contribution in [0.15, 0.2) is 60.5 Å². The molecule has 1 saturated carbocycles. The van der Waals surface area contributed by atoms with Crippen LogP contribution in [0.4, 0.5) is 13.2 Å². The van der Waals surface area contributed by atoms with Crippen molar-refractivity contribution in [2.45, 2.75) is 126 Å². The largest absolute Gasteiger partial charge is 0.512 e. The van der Waals surface area contributed by atoms with Crippen LogP contribution in [0.25, 0.3) is 42.6 Å². The Balaban J connectivity index is 0.000000540. The Bertz CT molecular complexity index is 2190. The van der Waals surface area contributed by atoms with Crippen molar-refractivity contribution in [1.82, 2.24) is 4.98 Å². The standard InChI is InChI=1S/C39H41F3NS.C8H14O2.Ir/c1-22-17-27(25-13-15-38(7,8)16-14-25)18-23(2)32(22)35-24(3)33-31(39(40,41)42)21-43-34(36(33)44-35)28-19-26-11-9-10-12-29(26)30(20-28)37(4,5)6;1-6(2)4-8(10)5-7(3)9;/h9-12,17-18,20-21,25H,13-16H2,1-8H3;5-6,10H,4H2,1-3H3;/q-1;;/b;8-5-;. The number of benzene rings is 3. The number of aromatic nitrogens is 1. The van der Waals surface area contributed by atoms with E-state index in [0.717, 1.165) is 49.7 Å². The third-order valence-electron chi connectivity index (χ3n) is 10.7. The zero-order valence-electron chi connectivity index (χ0n) is 34.1. The van der Waals surface area contributed by atoms with E-state index in [1.54, 1.807) is 0 Å². The molecule has 0 bridgehead atoms. The summed E-state index contributed by atoms with van der Waals surface area (Å²) in [7, 11) is 0. The first-order valence-corrected chi connectivity index (χ1v) is 19.9. The second kappa shape index (κ2) is 17.0. The number of halogens is 3. The fraction of sp³-hybridized carbons (Fsp3) is 0.447. The molecule has 0 spiro atoms. The number of rotatable bonds is 6. The monoisotopic (exact) mass is 947 g/mol. The molecule has 3 nitrogen and oxygen atoms in total. The minimum Gasteiger partial charge on any atom is -0.512 e. The quantitative estimate of drug-likeness (QED) is 0.105. The normalized spacial score (nSPS) is 15.2. The first kappa shape index (κ1) is 44.4. The predicted molar refractivity (Wildman–Crippen MR) is 221 cm³/mol. The molecular weight excluding hydrogens is 892 g/mol. The number of carbonyl (C=O) groups is 1. The second-order valence-corrected chi connectivity index (χ2v) is 18.5. The van der Waals surface area contributed by atoms with Crippen LogP contribution in [0.5, 0.6) is 0 Å². The van der Waals surface area contributed by atoms with Crippen molar-refractivity contribution in [2.24, 2.45) is 11.3 Å². The zero-order valence-corrected chi connectivity index (χ0v) is 37.3. The molecule has 6 rings (SSSR count). The maximum atomic E-state index is 14.5. The summed E-state index contributed by atoms with van der Waals surface area (Å²) < 4.78 is 44.1. The Morgan fingerprint density at radius 2 is 1.62 bits per heavy atom. The summed E-state index contributed by atoms with van der Waals surface area (Å²) in [6.45, 7) is 22.6. The molecule has 297 valence electrons. The number of hydrogen-bond acceptors (Lipinski definition) is 4. The molecule has 1 N–H and O–H groups in total. The summed E-state index contributed by atoms with van der Waals surface area (Å²) in [4.78, 5) is 15.8. The number of allylic oxidation sites excluding steroid dienone is 2. The fourth-order valence-electron chi connectivity index (χ4n) is 7.92. The third-order valence-corrected chi connectivity index (χ3v) is 12.0. The van der Waals surface area contributed by atoms with Gasteiger partial charge in [0.15, 0.2) is 5.78 Å². The van der Waals surface area contributed by atoms with Gasteiger partial charge >= 0.3 is 6.18 Å². The Hall–Kier alpha value is -3.32. The number of aliphatic hydroxyl groups excluding tert-OH is 1. The van der Waals surface area contributed by atoms with Gasteiger partial charge in [-0.3, -0.25) is 9.78 Å². The van der Waals surface area contributed by atoms with Crippen LogP contribution in [0.1, 0.15) is 127 Å². The molecule has 0 atom stereocenters. The predicted octanol–water partition coefficient (Wildman–Crippen LogP) is 14.6. The van der Waals surface area contributed by atoms with Crippen molar-refractivity contribution < 1.29 is 43.2 Å². The maximum Gasteiger partial charge on any atom is 0.418 e. The van der Waals surface area contributed by atoms with Crippen molar-refractivity contribution in [2.75, 3.05) is 0 Å². The second-order valence-electron chi connectivity index (χ2n) is 17.5. The first-order valence-electron chi connectivity index (χ1n) is 19.0. The van der Waals surface area contributed by atoms with Gasteiger partial charge in [0.25, 0.3) is 0 Å². The van der Waals surface area contributed by atoms with Gasteiger partial charge in [0.2, 0.25) is 0 Å². The number of carbonyl (C=O) groups excluding carboxylic acids is 1. The van der Waals surface area contributed by atoms with E-state index in [2.05, 4.69) is 83.8 Å². The van der Waals surface area contributed by atoms with E-state index >= 15 is 0 Å². The average molecular weight is 947 g/mol. The molecule has 1 radical (unpaired) electrons. The third kappa shape index (κ3) is 10.2. The number of pyridine rings is 1. The van der Waals surface area contributed by atoms with E-state index in [0.29, 0.717) is 39.6 Å². The van der Waals surface area contributed by atoms with Gasteiger partial charge in [-0.05, 0) is 104 Å². The van der Waals surface area contributed by atoms with Gasteiger partial charge in [-0.15, -0.1) is 40.5 Å². The van der Waals surface area contributed by atoms with Crippen LogP contribution >= 0.6 is 11.3 Å². The summed E-state index contributed by atoms with van der Waals surface area (Å²) in [5.41, 5.74) is 7.26. The van der Waals surface area contributed by atoms with Crippen molar-refractivity contribution in [3.05, 3.63) is 99.9 Å². The van der Waals surface area contributed by atoms with Gasteiger partial charge in [0.1, 0.15) is 0 Å². The van der Waals surface area contributed by atoms with E-state index in [-0.39, 0.29) is 42.4 Å². The number of ketones is 1. The van der Waals surface area contributed by atoms with Gasteiger partial charge in [-0.2, -0.15) is 13.2 Å². The summed E-state index contributed by atoms with van der Waals surface area (Å²) in [6, 6.07) is 18.2. The number of thiophene rings is 1. The van der Waals surface area contributed by atoms with Crippen molar-refractivity contribution in [3.8, 4) is 21.7 Å². The van der Waals surface area contributed by atoms with E-state index in [9.17, 15) is 18.0 Å². The van der Waals surface area contributed by atoms with Gasteiger partial charge < -0.3 is 5.11 Å². The molecule has 1 fully saturated rings. The molecular formula is C47H55F3IrNO2S-. The number of nitrogens with zero attached hydrogens (tertiary/aromatic N) is 1. The Kier molecular flexibility index (Phi) is 13.8. The summed E-state index contributed by atoms with van der Waals surface area (Å²) in [6.07, 6.45) is 3.14. The van der Waals surface area contributed by atoms with Gasteiger partial charge in [0.05, 0.1) is 11.3 Å². The van der Waals surface area contributed by atoms with Crippen molar-refractivity contribution in [1.29, 1.82) is 0 Å². The molecule has 1 aliphatic rings. The Labute approximate surface area is 343 Å². The number of aliphatic hydroxyl groups is 1. The van der Waals surface area contributed by atoms with Gasteiger partial charge in [-0.1, -0.05) is 89.7 Å². The average Bonchev–Trinajstić information content (AvgIpc) is 3.38. The number of aryl methyl sites for hydroxylation is 3. The Morgan fingerprint density at radius 3 is 2.16 bits per heavy atom. The molecule has 0 aliphatic heterocycles. The summed E-state index contributed by atoms with van der Waals surface area (Å²) >= 11 is 1.43. The summed E-state index contributed by atoms with van der Waals surface area (Å²) in [5.74, 6) is 1.02. The minimum atomic E-state index is -4.51. The molecule has 8 heteroatoms. The Morgan fingerprint density at radius 1 is 1.02 bits per heavy atom. The minimum absolute atomic E-state index is 0. The molecule has 0 saturated heterocycles. The van der Waals surface area contributed by atoms with E-state index in [4.69, 9.17) is 5.11 Å². The maximum absolute atomic E-state index is 14.5. The molecule has 1 aliphatic carbocycles. The molecule has 2 heterocycles. The van der Waals surface area contributed by atoms with Crippen molar-refractivity contribution in [3.63, 3.8) is 0 Å². The van der Waals surface area contributed by atoms with Crippen LogP contribution < -0.4 is 0 Å². The molecule has 3 aromatic carbocycles. The van der Waals surface area contributed by atoms with Crippen LogP contribution in [0.2, 0.25) is 0 Å². The smallest absolute Gasteiger partial charge is 0.418 e. The number of hydrogen-bond donors (Lipinski definition) is 1. The van der Waals surface area contributed by atoms with Gasteiger partial charge in [0, 0.05) is 59.5 Å². The fourth-order valence-corrected chi connectivity index (χ4v) is 9.42. The molecule has 55 heavy (non-hydrogen) atoms. The van der Waals surface area contributed by atoms with E-state index in [1.807, 2.05) is 39.0 Å². The molecule has 5 aromatic rings. The van der Waals surface area contributed by atoms with Crippen LogP contribution in [-0.2, 0) is 36.5 Å². The molecule has 0 amide bonds. The number of fused-ring (bicyclic) bond motifs is 2. The van der Waals surface area contributed by atoms with Crippen LogP contribution in [0, 0.1) is 38.2 Å². The van der Waals surface area contributed by atoms with Crippen LogP contribution in [0.3, 0.4) is 0 Å². The molecule has 2 aromatic heterocycles. The van der Waals surface area contributed by atoms with E-state index in [1.165, 1.54) is 55.6 Å². The topological polar surface area (TPSA) is 50.2 Å². The van der Waals surface area contributed by atoms with E-state index < -0.39 is 11.7 Å². The molecule has 0 unspecified atom stereocenters. The first-order chi connectivity index (χ1) is 25.1. The van der Waals surface area contributed by atoms with Crippen LogP contribution in [-0.4, -0.2) is 15.9 Å².